The lowest BCUT2D eigenvalue weighted by molar-refractivity contribution is -0.369. The van der Waals surface area contributed by atoms with Gasteiger partial charge in [0.15, 0.2) is 0 Å². The number of imidazole rings is 1. The van der Waals surface area contributed by atoms with Crippen LogP contribution in [-0.4, -0.2) is 9.38 Å². The largest absolute Gasteiger partial charge is 0.431 e. The summed E-state index contributed by atoms with van der Waals surface area (Å²) in [4.78, 5) is 4.04. The summed E-state index contributed by atoms with van der Waals surface area (Å²) < 4.78 is 101. The molecule has 1 aliphatic rings. The van der Waals surface area contributed by atoms with Crippen molar-refractivity contribution in [3.05, 3.63) is 59.3 Å². The molecule has 0 atom stereocenters. The average Bonchev–Trinajstić information content (AvgIpc) is 3.04. The summed E-state index contributed by atoms with van der Waals surface area (Å²) in [5.41, 5.74) is -4.27. The number of fused-ring (bicyclic) bond motifs is 6. The summed E-state index contributed by atoms with van der Waals surface area (Å²) in [6.07, 6.45) is -13.5. The maximum atomic E-state index is 13.9. The molecule has 3 nitrogen and oxygen atoms in total. The van der Waals surface area contributed by atoms with Crippen LogP contribution in [0, 0.1) is 0 Å². The topological polar surface area (TPSA) is 26.5 Å². The molecule has 0 saturated heterocycles. The van der Waals surface area contributed by atoms with Gasteiger partial charge in [0.1, 0.15) is 11.3 Å². The first-order valence-corrected chi connectivity index (χ1v) is 7.91. The first-order chi connectivity index (χ1) is 13.0. The molecule has 0 unspecified atom stereocenters. The second-order valence-corrected chi connectivity index (χ2v) is 6.41. The number of rotatable bonds is 0. The lowest BCUT2D eigenvalue weighted by atomic mass is 10.1. The van der Waals surface area contributed by atoms with Gasteiger partial charge in [-0.15, -0.1) is 0 Å². The number of pyridine rings is 1. The van der Waals surface area contributed by atoms with Crippen molar-refractivity contribution in [3.63, 3.8) is 0 Å². The Morgan fingerprint density at radius 3 is 2.21 bits per heavy atom. The zero-order valence-electron chi connectivity index (χ0n) is 13.5. The highest BCUT2D eigenvalue weighted by atomic mass is 19.4. The highest BCUT2D eigenvalue weighted by Gasteiger charge is 2.57. The van der Waals surface area contributed by atoms with Crippen molar-refractivity contribution in [1.29, 1.82) is 0 Å². The SMILES string of the molecule is FC(F)(F)c1cc2ccccc2c2nc3cc4c(cc3n12)C(F)(F)OC4(F)F. The van der Waals surface area contributed by atoms with E-state index in [4.69, 9.17) is 0 Å². The molecule has 28 heavy (non-hydrogen) atoms. The molecule has 2 aromatic carbocycles. The average molecular weight is 400 g/mol. The van der Waals surface area contributed by atoms with Crippen LogP contribution >= 0.6 is 0 Å². The van der Waals surface area contributed by atoms with Gasteiger partial charge in [-0.2, -0.15) is 30.7 Å². The van der Waals surface area contributed by atoms with Gasteiger partial charge >= 0.3 is 18.4 Å². The van der Waals surface area contributed by atoms with E-state index in [0.717, 1.165) is 6.07 Å². The molecular weight excluding hydrogens is 393 g/mol. The fourth-order valence-corrected chi connectivity index (χ4v) is 3.55. The van der Waals surface area contributed by atoms with E-state index in [1.165, 1.54) is 18.2 Å². The molecule has 4 aromatic rings. The maximum Gasteiger partial charge on any atom is 0.431 e. The number of ether oxygens (including phenoxy) is 1. The minimum atomic E-state index is -4.84. The molecule has 2 aromatic heterocycles. The van der Waals surface area contributed by atoms with Gasteiger partial charge in [0, 0.05) is 5.39 Å². The van der Waals surface area contributed by atoms with E-state index in [1.54, 1.807) is 6.07 Å². The molecule has 0 radical (unpaired) electrons. The van der Waals surface area contributed by atoms with Crippen molar-refractivity contribution in [2.75, 3.05) is 0 Å². The van der Waals surface area contributed by atoms with E-state index in [0.29, 0.717) is 21.9 Å². The molecule has 5 rings (SSSR count). The van der Waals surface area contributed by atoms with Crippen LogP contribution in [0.15, 0.2) is 42.5 Å². The van der Waals surface area contributed by atoms with E-state index < -0.39 is 35.2 Å². The number of benzene rings is 2. The van der Waals surface area contributed by atoms with E-state index in [2.05, 4.69) is 9.72 Å². The normalized spacial score (nSPS) is 18.2. The zero-order chi connectivity index (χ0) is 20.1. The molecular formula is C18H7F7N2O. The number of aromatic nitrogens is 2. The third kappa shape index (κ3) is 2.17. The predicted octanol–water partition coefficient (Wildman–Crippen LogP) is 5.79. The highest BCUT2D eigenvalue weighted by Crippen LogP contribution is 2.52. The molecule has 0 bridgehead atoms. The van der Waals surface area contributed by atoms with Crippen molar-refractivity contribution in [2.45, 2.75) is 18.4 Å². The maximum absolute atomic E-state index is 13.9. The van der Waals surface area contributed by atoms with E-state index in [-0.39, 0.29) is 22.1 Å². The molecule has 1 aliphatic heterocycles. The van der Waals surface area contributed by atoms with Gasteiger partial charge in [0.25, 0.3) is 0 Å². The van der Waals surface area contributed by atoms with Crippen LogP contribution in [0.1, 0.15) is 16.8 Å². The lowest BCUT2D eigenvalue weighted by Crippen LogP contribution is -2.17. The quantitative estimate of drug-likeness (QED) is 0.350. The van der Waals surface area contributed by atoms with Gasteiger partial charge in [-0.1, -0.05) is 24.3 Å². The fourth-order valence-electron chi connectivity index (χ4n) is 3.55. The van der Waals surface area contributed by atoms with Crippen LogP contribution in [-0.2, 0) is 23.1 Å². The molecule has 3 heterocycles. The molecule has 0 amide bonds. The smallest absolute Gasteiger partial charge is 0.287 e. The monoisotopic (exact) mass is 400 g/mol. The Morgan fingerprint density at radius 1 is 0.893 bits per heavy atom. The number of hydrogen-bond donors (Lipinski definition) is 0. The van der Waals surface area contributed by atoms with Gasteiger partial charge in [-0.05, 0) is 23.6 Å². The Kier molecular flexibility index (Phi) is 3.04. The molecule has 0 fully saturated rings. The van der Waals surface area contributed by atoms with Gasteiger partial charge < -0.3 is 0 Å². The van der Waals surface area contributed by atoms with Gasteiger partial charge in [0.2, 0.25) is 0 Å². The summed E-state index contributed by atoms with van der Waals surface area (Å²) in [5, 5.41) is 0.547. The minimum absolute atomic E-state index is 0.170. The Labute approximate surface area is 150 Å². The third-order valence-corrected chi connectivity index (χ3v) is 4.70. The van der Waals surface area contributed by atoms with Crippen molar-refractivity contribution >= 4 is 27.5 Å². The Balaban J connectivity index is 2.00. The molecule has 144 valence electrons. The van der Waals surface area contributed by atoms with Crippen molar-refractivity contribution in [3.8, 4) is 0 Å². The Hall–Kier alpha value is -2.88. The van der Waals surface area contributed by atoms with Crippen LogP contribution in [0.25, 0.3) is 27.5 Å². The standard InChI is InChI=1S/C18H7F7N2O/c19-16(20,21)14-5-8-3-1-2-4-9(8)15-26-12-6-10-11(7-13(12)27(14)15)18(24,25)28-17(10,22)23/h1-7H. The molecule has 0 aliphatic carbocycles. The van der Waals surface area contributed by atoms with Gasteiger partial charge in [0.05, 0.1) is 22.2 Å². The van der Waals surface area contributed by atoms with E-state index >= 15 is 0 Å². The first-order valence-electron chi connectivity index (χ1n) is 7.91. The first kappa shape index (κ1) is 17.2. The van der Waals surface area contributed by atoms with Crippen LogP contribution in [0.5, 0.6) is 0 Å². The summed E-state index contributed by atoms with van der Waals surface area (Å²) in [7, 11) is 0. The summed E-state index contributed by atoms with van der Waals surface area (Å²) in [6, 6.07) is 8.15. The van der Waals surface area contributed by atoms with Gasteiger partial charge in [-0.3, -0.25) is 4.40 Å². The predicted molar refractivity (Wildman–Crippen MR) is 84.1 cm³/mol. The number of halogens is 7. The van der Waals surface area contributed by atoms with Crippen LogP contribution in [0.2, 0.25) is 0 Å². The Morgan fingerprint density at radius 2 is 1.54 bits per heavy atom. The van der Waals surface area contributed by atoms with Crippen molar-refractivity contribution in [1.82, 2.24) is 9.38 Å². The second-order valence-electron chi connectivity index (χ2n) is 6.41. The molecule has 0 spiro atoms. The van der Waals surface area contributed by atoms with E-state index in [9.17, 15) is 30.7 Å². The zero-order valence-corrected chi connectivity index (χ0v) is 13.5. The minimum Gasteiger partial charge on any atom is -0.287 e. The van der Waals surface area contributed by atoms with Crippen LogP contribution in [0.3, 0.4) is 0 Å². The molecule has 0 N–H and O–H groups in total. The highest BCUT2D eigenvalue weighted by molar-refractivity contribution is 5.99. The number of alkyl halides is 7. The summed E-state index contributed by atoms with van der Waals surface area (Å²) >= 11 is 0. The third-order valence-electron chi connectivity index (χ3n) is 4.70. The summed E-state index contributed by atoms with van der Waals surface area (Å²) in [6.45, 7) is 0. The summed E-state index contributed by atoms with van der Waals surface area (Å²) in [5.74, 6) is 0. The van der Waals surface area contributed by atoms with Gasteiger partial charge in [-0.25, -0.2) is 9.72 Å². The second kappa shape index (κ2) is 4.93. The lowest BCUT2D eigenvalue weighted by Gasteiger charge is -2.13. The Bertz CT molecular complexity index is 1290. The van der Waals surface area contributed by atoms with Crippen LogP contribution < -0.4 is 0 Å². The molecule has 0 saturated carbocycles. The number of nitrogens with zero attached hydrogens (tertiary/aromatic N) is 2. The van der Waals surface area contributed by atoms with Crippen LogP contribution in [0.4, 0.5) is 30.7 Å². The van der Waals surface area contributed by atoms with Crippen molar-refractivity contribution in [2.24, 2.45) is 0 Å². The molecule has 10 heteroatoms. The van der Waals surface area contributed by atoms with Crippen molar-refractivity contribution < 1.29 is 35.5 Å². The van der Waals surface area contributed by atoms with E-state index in [1.807, 2.05) is 0 Å². The fraction of sp³-hybridized carbons (Fsp3) is 0.167. The number of hydrogen-bond acceptors (Lipinski definition) is 2.